The smallest absolute Gasteiger partial charge is 0.151 e. The lowest BCUT2D eigenvalue weighted by Crippen LogP contribution is -2.34. The molecule has 0 fully saturated rings. The van der Waals surface area contributed by atoms with Gasteiger partial charge in [-0.3, -0.25) is 0 Å². The van der Waals surface area contributed by atoms with Gasteiger partial charge in [0.25, 0.3) is 0 Å². The van der Waals surface area contributed by atoms with E-state index in [4.69, 9.17) is 9.47 Å². The number of hydrogen-bond acceptors (Lipinski definition) is 4. The summed E-state index contributed by atoms with van der Waals surface area (Å²) in [4.78, 5) is 11.1. The van der Waals surface area contributed by atoms with Crippen LogP contribution in [0.15, 0.2) is 60.7 Å². The van der Waals surface area contributed by atoms with Gasteiger partial charge in [-0.05, 0) is 11.1 Å². The van der Waals surface area contributed by atoms with Crippen molar-refractivity contribution in [1.29, 1.82) is 0 Å². The van der Waals surface area contributed by atoms with Crippen LogP contribution in [-0.2, 0) is 27.5 Å². The number of aliphatic hydroxyl groups excluding tert-OH is 1. The Morgan fingerprint density at radius 3 is 2.00 bits per heavy atom. The summed E-state index contributed by atoms with van der Waals surface area (Å²) in [6.07, 6.45) is -1.26. The molecular formula is C18H20O4. The number of rotatable bonds is 9. The third-order valence-corrected chi connectivity index (χ3v) is 3.20. The van der Waals surface area contributed by atoms with E-state index in [9.17, 15) is 9.90 Å². The van der Waals surface area contributed by atoms with Crippen LogP contribution in [0.1, 0.15) is 11.1 Å². The van der Waals surface area contributed by atoms with Crippen molar-refractivity contribution < 1.29 is 19.4 Å². The topological polar surface area (TPSA) is 55.8 Å². The number of carbonyl (C=O) groups excluding carboxylic acids is 1. The molecule has 1 N–H and O–H groups in total. The normalized spacial score (nSPS) is 13.5. The first-order valence-electron chi connectivity index (χ1n) is 7.20. The minimum atomic E-state index is -0.982. The molecule has 2 aromatic carbocycles. The van der Waals surface area contributed by atoms with Crippen LogP contribution < -0.4 is 0 Å². The van der Waals surface area contributed by atoms with Crippen LogP contribution in [0.3, 0.4) is 0 Å². The van der Waals surface area contributed by atoms with Gasteiger partial charge >= 0.3 is 0 Å². The average molecular weight is 300 g/mol. The third-order valence-electron chi connectivity index (χ3n) is 3.20. The molecule has 2 rings (SSSR count). The van der Waals surface area contributed by atoms with Crippen molar-refractivity contribution >= 4 is 6.29 Å². The van der Waals surface area contributed by atoms with E-state index >= 15 is 0 Å². The number of ether oxygens (including phenoxy) is 2. The molecule has 2 aromatic rings. The predicted octanol–water partition coefficient (Wildman–Crippen LogP) is 2.35. The van der Waals surface area contributed by atoms with Crippen LogP contribution in [0.5, 0.6) is 0 Å². The Morgan fingerprint density at radius 2 is 1.45 bits per heavy atom. The zero-order chi connectivity index (χ0) is 15.6. The van der Waals surface area contributed by atoms with E-state index in [0.717, 1.165) is 11.1 Å². The van der Waals surface area contributed by atoms with Gasteiger partial charge in [0, 0.05) is 0 Å². The van der Waals surface area contributed by atoms with Gasteiger partial charge in [-0.25, -0.2) is 0 Å². The second kappa shape index (κ2) is 9.10. The lowest BCUT2D eigenvalue weighted by atomic mass is 10.2. The minimum Gasteiger partial charge on any atom is -0.388 e. The van der Waals surface area contributed by atoms with E-state index in [1.807, 2.05) is 60.7 Å². The molecule has 0 spiro atoms. The zero-order valence-electron chi connectivity index (χ0n) is 12.3. The fraction of sp³-hybridized carbons (Fsp3) is 0.278. The molecule has 22 heavy (non-hydrogen) atoms. The van der Waals surface area contributed by atoms with E-state index in [2.05, 4.69) is 0 Å². The Bertz CT molecular complexity index is 542. The average Bonchev–Trinajstić information content (AvgIpc) is 2.57. The SMILES string of the molecule is O=C[C@@H](OCc1ccccc1)[C@@H](O)COCc1ccccc1. The molecule has 0 bridgehead atoms. The standard InChI is InChI=1S/C18H20O4/c19-11-18(22-13-16-9-5-2-6-10-16)17(20)14-21-12-15-7-3-1-4-8-15/h1-11,17-18,20H,12-14H2/t17-,18+/m0/s1. The van der Waals surface area contributed by atoms with Crippen LogP contribution in [0.25, 0.3) is 0 Å². The van der Waals surface area contributed by atoms with E-state index in [1.54, 1.807) is 0 Å². The van der Waals surface area contributed by atoms with Crippen LogP contribution >= 0.6 is 0 Å². The van der Waals surface area contributed by atoms with Crippen molar-refractivity contribution in [1.82, 2.24) is 0 Å². The monoisotopic (exact) mass is 300 g/mol. The number of aldehydes is 1. The summed E-state index contributed by atoms with van der Waals surface area (Å²) in [6.45, 7) is 0.718. The minimum absolute atomic E-state index is 0.0487. The lowest BCUT2D eigenvalue weighted by molar-refractivity contribution is -0.131. The molecule has 2 atom stereocenters. The summed E-state index contributed by atoms with van der Waals surface area (Å²) in [7, 11) is 0. The molecule has 0 unspecified atom stereocenters. The van der Waals surface area contributed by atoms with Gasteiger partial charge in [-0.15, -0.1) is 0 Å². The maximum Gasteiger partial charge on any atom is 0.151 e. The number of benzene rings is 2. The Kier molecular flexibility index (Phi) is 6.77. The first kappa shape index (κ1) is 16.4. The second-order valence-corrected chi connectivity index (χ2v) is 4.97. The first-order chi connectivity index (χ1) is 10.8. The van der Waals surface area contributed by atoms with Gasteiger partial charge in [-0.2, -0.15) is 0 Å². The Hall–Kier alpha value is -2.01. The van der Waals surface area contributed by atoms with Crippen molar-refractivity contribution in [3.63, 3.8) is 0 Å². The number of aliphatic hydroxyl groups is 1. The molecule has 0 aromatic heterocycles. The second-order valence-electron chi connectivity index (χ2n) is 4.97. The van der Waals surface area contributed by atoms with Gasteiger partial charge in [0.2, 0.25) is 0 Å². The highest BCUT2D eigenvalue weighted by Gasteiger charge is 2.19. The summed E-state index contributed by atoms with van der Waals surface area (Å²) < 4.78 is 10.9. The molecule has 4 nitrogen and oxygen atoms in total. The van der Waals surface area contributed by atoms with E-state index in [-0.39, 0.29) is 13.2 Å². The molecule has 0 radical (unpaired) electrons. The largest absolute Gasteiger partial charge is 0.388 e. The Labute approximate surface area is 130 Å². The highest BCUT2D eigenvalue weighted by Crippen LogP contribution is 2.07. The van der Waals surface area contributed by atoms with Crippen molar-refractivity contribution in [2.24, 2.45) is 0 Å². The highest BCUT2D eigenvalue weighted by atomic mass is 16.5. The summed E-state index contributed by atoms with van der Waals surface area (Å²) >= 11 is 0. The van der Waals surface area contributed by atoms with Crippen molar-refractivity contribution in [2.75, 3.05) is 6.61 Å². The van der Waals surface area contributed by atoms with E-state index in [1.165, 1.54) is 0 Å². The third kappa shape index (κ3) is 5.41. The van der Waals surface area contributed by atoms with Gasteiger partial charge in [0.15, 0.2) is 6.29 Å². The Balaban J connectivity index is 1.74. The van der Waals surface area contributed by atoms with E-state index < -0.39 is 12.2 Å². The molecule has 0 aliphatic carbocycles. The zero-order valence-corrected chi connectivity index (χ0v) is 12.3. The molecule has 0 saturated carbocycles. The van der Waals surface area contributed by atoms with Gasteiger partial charge in [0.1, 0.15) is 12.2 Å². The number of hydrogen-bond donors (Lipinski definition) is 1. The van der Waals surface area contributed by atoms with Crippen LogP contribution in [0.2, 0.25) is 0 Å². The molecule has 0 aliphatic rings. The first-order valence-corrected chi connectivity index (χ1v) is 7.20. The molecule has 4 heteroatoms. The van der Waals surface area contributed by atoms with Crippen LogP contribution in [0.4, 0.5) is 0 Å². The molecule has 0 amide bonds. The quantitative estimate of drug-likeness (QED) is 0.722. The summed E-state index contributed by atoms with van der Waals surface area (Å²) in [5.74, 6) is 0. The summed E-state index contributed by atoms with van der Waals surface area (Å²) in [5.41, 5.74) is 1.97. The Morgan fingerprint density at radius 1 is 0.909 bits per heavy atom. The maximum atomic E-state index is 11.1. The fourth-order valence-electron chi connectivity index (χ4n) is 1.97. The maximum absolute atomic E-state index is 11.1. The van der Waals surface area contributed by atoms with Crippen LogP contribution in [0, 0.1) is 0 Å². The number of carbonyl (C=O) groups is 1. The summed E-state index contributed by atoms with van der Waals surface area (Å²) in [6, 6.07) is 19.2. The molecule has 0 saturated heterocycles. The van der Waals surface area contributed by atoms with Crippen LogP contribution in [-0.4, -0.2) is 30.2 Å². The molecule has 0 aliphatic heterocycles. The van der Waals surface area contributed by atoms with Gasteiger partial charge < -0.3 is 19.4 Å². The lowest BCUT2D eigenvalue weighted by Gasteiger charge is -2.18. The van der Waals surface area contributed by atoms with Gasteiger partial charge in [-0.1, -0.05) is 60.7 Å². The summed E-state index contributed by atoms with van der Waals surface area (Å²) in [5, 5.41) is 9.98. The molecule has 0 heterocycles. The van der Waals surface area contributed by atoms with Crippen molar-refractivity contribution in [3.8, 4) is 0 Å². The van der Waals surface area contributed by atoms with E-state index in [0.29, 0.717) is 12.9 Å². The highest BCUT2D eigenvalue weighted by molar-refractivity contribution is 5.57. The van der Waals surface area contributed by atoms with Crippen molar-refractivity contribution in [3.05, 3.63) is 71.8 Å². The predicted molar refractivity (Wildman–Crippen MR) is 83.2 cm³/mol. The van der Waals surface area contributed by atoms with Crippen molar-refractivity contribution in [2.45, 2.75) is 25.4 Å². The molecular weight excluding hydrogens is 280 g/mol. The fourth-order valence-corrected chi connectivity index (χ4v) is 1.97. The molecule has 116 valence electrons. The van der Waals surface area contributed by atoms with Gasteiger partial charge in [0.05, 0.1) is 19.8 Å².